The summed E-state index contributed by atoms with van der Waals surface area (Å²) in [5, 5.41) is 8.52. The first-order chi connectivity index (χ1) is 8.09. The summed E-state index contributed by atoms with van der Waals surface area (Å²) in [5.41, 5.74) is 0. The zero-order chi connectivity index (χ0) is 12.7. The molecule has 0 aromatic carbocycles. The van der Waals surface area contributed by atoms with Gasteiger partial charge in [0.15, 0.2) is 0 Å². The van der Waals surface area contributed by atoms with Crippen molar-refractivity contribution in [2.24, 2.45) is 5.92 Å². The second-order valence-corrected chi connectivity index (χ2v) is 5.80. The second-order valence-electron chi connectivity index (χ2n) is 4.57. The summed E-state index contributed by atoms with van der Waals surface area (Å²) >= 11 is 1.96. The third-order valence-corrected chi connectivity index (χ3v) is 4.16. The van der Waals surface area contributed by atoms with E-state index in [2.05, 4.69) is 0 Å². The number of nitrogens with zero attached hydrogens (tertiary/aromatic N) is 1. The fourth-order valence-corrected chi connectivity index (χ4v) is 3.15. The van der Waals surface area contributed by atoms with E-state index in [4.69, 9.17) is 5.11 Å². The summed E-state index contributed by atoms with van der Waals surface area (Å²) in [6.07, 6.45) is 3.58. The molecule has 0 radical (unpaired) electrons. The average molecular weight is 259 g/mol. The number of hydrogen-bond acceptors (Lipinski definition) is 3. The molecule has 1 heterocycles. The maximum atomic E-state index is 11.9. The molecule has 1 saturated heterocycles. The van der Waals surface area contributed by atoms with Crippen molar-refractivity contribution in [2.75, 3.05) is 25.1 Å². The van der Waals surface area contributed by atoms with Crippen LogP contribution in [0.2, 0.25) is 0 Å². The lowest BCUT2D eigenvalue weighted by Gasteiger charge is -2.24. The van der Waals surface area contributed by atoms with E-state index in [-0.39, 0.29) is 12.3 Å². The van der Waals surface area contributed by atoms with Crippen molar-refractivity contribution >= 4 is 23.6 Å². The number of hydrogen-bond donors (Lipinski definition) is 1. The highest BCUT2D eigenvalue weighted by atomic mass is 32.2. The van der Waals surface area contributed by atoms with Crippen LogP contribution >= 0.6 is 11.8 Å². The lowest BCUT2D eigenvalue weighted by molar-refractivity contribution is -0.138. The molecule has 1 aliphatic rings. The molecule has 0 spiro atoms. The van der Waals surface area contributed by atoms with Crippen molar-refractivity contribution in [3.8, 4) is 0 Å². The number of carboxylic acids is 1. The Labute approximate surface area is 107 Å². The Hall–Kier alpha value is -0.710. The largest absolute Gasteiger partial charge is 0.481 e. The van der Waals surface area contributed by atoms with Gasteiger partial charge in [0.2, 0.25) is 5.91 Å². The van der Waals surface area contributed by atoms with Crippen molar-refractivity contribution in [2.45, 2.75) is 32.1 Å². The summed E-state index contributed by atoms with van der Waals surface area (Å²) in [5.74, 6) is 2.23. The zero-order valence-electron chi connectivity index (χ0n) is 10.4. The van der Waals surface area contributed by atoms with Gasteiger partial charge in [0.25, 0.3) is 0 Å². The van der Waals surface area contributed by atoms with E-state index in [1.807, 2.05) is 11.8 Å². The van der Waals surface area contributed by atoms with Gasteiger partial charge in [0.1, 0.15) is 0 Å². The molecule has 4 nitrogen and oxygen atoms in total. The van der Waals surface area contributed by atoms with Gasteiger partial charge in [-0.05, 0) is 36.7 Å². The van der Waals surface area contributed by atoms with E-state index in [9.17, 15) is 9.59 Å². The van der Waals surface area contributed by atoms with Gasteiger partial charge < -0.3 is 10.0 Å². The van der Waals surface area contributed by atoms with Crippen LogP contribution in [0.4, 0.5) is 0 Å². The van der Waals surface area contributed by atoms with E-state index in [1.54, 1.807) is 11.9 Å². The number of carbonyl (C=O) groups excluding carboxylic acids is 1. The smallest absolute Gasteiger partial charge is 0.303 e. The van der Waals surface area contributed by atoms with Gasteiger partial charge in [-0.25, -0.2) is 0 Å². The third kappa shape index (κ3) is 5.96. The monoisotopic (exact) mass is 259 g/mol. The Balaban J connectivity index is 2.18. The van der Waals surface area contributed by atoms with E-state index in [1.165, 1.54) is 11.5 Å². The lowest BCUT2D eigenvalue weighted by Crippen LogP contribution is -2.30. The van der Waals surface area contributed by atoms with Gasteiger partial charge in [-0.3, -0.25) is 9.59 Å². The highest BCUT2D eigenvalue weighted by molar-refractivity contribution is 7.99. The molecule has 1 fully saturated rings. The molecule has 5 heteroatoms. The Kier molecular flexibility index (Phi) is 6.40. The van der Waals surface area contributed by atoms with E-state index in [0.29, 0.717) is 25.3 Å². The highest BCUT2D eigenvalue weighted by Crippen LogP contribution is 2.25. The Bertz CT molecular complexity index is 264. The molecule has 1 N–H and O–H groups in total. The van der Waals surface area contributed by atoms with Crippen molar-refractivity contribution in [3.05, 3.63) is 0 Å². The molecule has 0 aromatic heterocycles. The first-order valence-corrected chi connectivity index (χ1v) is 7.28. The van der Waals surface area contributed by atoms with Crippen LogP contribution in [0.25, 0.3) is 0 Å². The minimum absolute atomic E-state index is 0.137. The molecule has 98 valence electrons. The van der Waals surface area contributed by atoms with Crippen molar-refractivity contribution in [1.29, 1.82) is 0 Å². The highest BCUT2D eigenvalue weighted by Gasteiger charge is 2.19. The number of thioether (sulfide) groups is 1. The van der Waals surface area contributed by atoms with E-state index < -0.39 is 5.97 Å². The zero-order valence-corrected chi connectivity index (χ0v) is 11.2. The van der Waals surface area contributed by atoms with Crippen molar-refractivity contribution < 1.29 is 14.7 Å². The molecular weight excluding hydrogens is 238 g/mol. The SMILES string of the molecule is CN(CCCC(=O)O)C(=O)CC1CCSCC1. The predicted molar refractivity (Wildman–Crippen MR) is 69.2 cm³/mol. The minimum atomic E-state index is -0.796. The number of amides is 1. The molecule has 1 aliphatic heterocycles. The average Bonchev–Trinajstić information content (AvgIpc) is 2.29. The summed E-state index contributed by atoms with van der Waals surface area (Å²) in [6, 6.07) is 0. The molecule has 0 aromatic rings. The van der Waals surface area contributed by atoms with Gasteiger partial charge in [0.05, 0.1) is 0 Å². The molecule has 0 saturated carbocycles. The molecule has 1 rings (SSSR count). The first-order valence-electron chi connectivity index (χ1n) is 6.13. The fourth-order valence-electron chi connectivity index (χ4n) is 1.95. The first kappa shape index (κ1) is 14.4. The van der Waals surface area contributed by atoms with Crippen molar-refractivity contribution in [3.63, 3.8) is 0 Å². The summed E-state index contributed by atoms with van der Waals surface area (Å²) in [6.45, 7) is 0.548. The van der Waals surface area contributed by atoms with Crippen LogP contribution in [0.1, 0.15) is 32.1 Å². The standard InChI is InChI=1S/C12H21NO3S/c1-13(6-2-3-12(15)16)11(14)9-10-4-7-17-8-5-10/h10H,2-9H2,1H3,(H,15,16). The predicted octanol–water partition coefficient (Wildman–Crippen LogP) is 1.84. The van der Waals surface area contributed by atoms with E-state index >= 15 is 0 Å². The second kappa shape index (κ2) is 7.58. The normalized spacial score (nSPS) is 16.8. The summed E-state index contributed by atoms with van der Waals surface area (Å²) < 4.78 is 0. The molecule has 0 bridgehead atoms. The quantitative estimate of drug-likeness (QED) is 0.791. The van der Waals surface area contributed by atoms with Crippen LogP contribution in [-0.4, -0.2) is 47.0 Å². The maximum Gasteiger partial charge on any atom is 0.303 e. The number of carbonyl (C=O) groups is 2. The molecule has 0 aliphatic carbocycles. The molecule has 0 atom stereocenters. The van der Waals surface area contributed by atoms with Gasteiger partial charge in [0, 0.05) is 26.4 Å². The van der Waals surface area contributed by atoms with Gasteiger partial charge in [-0.2, -0.15) is 11.8 Å². The van der Waals surface area contributed by atoms with E-state index in [0.717, 1.165) is 12.8 Å². The topological polar surface area (TPSA) is 57.6 Å². The van der Waals surface area contributed by atoms with Crippen molar-refractivity contribution in [1.82, 2.24) is 4.90 Å². The van der Waals surface area contributed by atoms with Crippen LogP contribution in [0.15, 0.2) is 0 Å². The van der Waals surface area contributed by atoms with Crippen LogP contribution in [-0.2, 0) is 9.59 Å². The van der Waals surface area contributed by atoms with Gasteiger partial charge in [-0.1, -0.05) is 0 Å². The fraction of sp³-hybridized carbons (Fsp3) is 0.833. The molecule has 17 heavy (non-hydrogen) atoms. The Morgan fingerprint density at radius 2 is 2.00 bits per heavy atom. The van der Waals surface area contributed by atoms with Gasteiger partial charge >= 0.3 is 5.97 Å². The van der Waals surface area contributed by atoms with Crippen LogP contribution in [0.5, 0.6) is 0 Å². The van der Waals surface area contributed by atoms with Gasteiger partial charge in [-0.15, -0.1) is 0 Å². The Morgan fingerprint density at radius 1 is 1.35 bits per heavy atom. The molecule has 1 amide bonds. The molecular formula is C12H21NO3S. The maximum absolute atomic E-state index is 11.9. The summed E-state index contributed by atoms with van der Waals surface area (Å²) in [4.78, 5) is 23.9. The molecule has 0 unspecified atom stereocenters. The number of aliphatic carboxylic acids is 1. The lowest BCUT2D eigenvalue weighted by atomic mass is 9.98. The van der Waals surface area contributed by atoms with Crippen LogP contribution in [0, 0.1) is 5.92 Å². The van der Waals surface area contributed by atoms with Crippen LogP contribution in [0.3, 0.4) is 0 Å². The third-order valence-electron chi connectivity index (χ3n) is 3.11. The number of carboxylic acid groups (broad SMARTS) is 1. The minimum Gasteiger partial charge on any atom is -0.481 e. The number of rotatable bonds is 6. The Morgan fingerprint density at radius 3 is 2.59 bits per heavy atom. The van der Waals surface area contributed by atoms with Crippen LogP contribution < -0.4 is 0 Å². The summed E-state index contributed by atoms with van der Waals surface area (Å²) in [7, 11) is 1.77.